The molecule has 21 heavy (non-hydrogen) atoms. The van der Waals surface area contributed by atoms with Crippen LogP contribution in [0.3, 0.4) is 0 Å². The summed E-state index contributed by atoms with van der Waals surface area (Å²) in [5.41, 5.74) is 5.58. The van der Waals surface area contributed by atoms with E-state index in [-0.39, 0.29) is 75.1 Å². The third-order valence-corrected chi connectivity index (χ3v) is 4.21. The van der Waals surface area contributed by atoms with E-state index in [1.54, 1.807) is 0 Å². The molecule has 0 bridgehead atoms. The number of hydrogen-bond acceptors (Lipinski definition) is 5. The Balaban J connectivity index is 0.00000200. The Morgan fingerprint density at radius 2 is 1.33 bits per heavy atom. The quantitative estimate of drug-likeness (QED) is 0.381. The van der Waals surface area contributed by atoms with E-state index in [0.29, 0.717) is 5.39 Å². The van der Waals surface area contributed by atoms with Crippen molar-refractivity contribution in [3.05, 3.63) is 30.3 Å². The molecule has 2 rings (SSSR count). The van der Waals surface area contributed by atoms with Crippen molar-refractivity contribution in [2.75, 3.05) is 5.73 Å². The third-order valence-electron chi connectivity index (χ3n) is 2.53. The summed E-state index contributed by atoms with van der Waals surface area (Å²) in [6.45, 7) is 0. The van der Waals surface area contributed by atoms with Crippen LogP contribution in [0.1, 0.15) is 0 Å². The Hall–Kier alpha value is 0.320. The number of anilines is 1. The summed E-state index contributed by atoms with van der Waals surface area (Å²) in [4.78, 5) is -0.747. The molecule has 0 saturated heterocycles. The fourth-order valence-electron chi connectivity index (χ4n) is 1.65. The minimum absolute atomic E-state index is 0. The average molecular weight is 351 g/mol. The molecule has 0 fully saturated rings. The van der Waals surface area contributed by atoms with Gasteiger partial charge >= 0.3 is 59.1 Å². The van der Waals surface area contributed by atoms with E-state index >= 15 is 0 Å². The molecule has 11 heteroatoms. The zero-order chi connectivity index (χ0) is 14.4. The Labute approximate surface area is 166 Å². The molecule has 0 saturated carbocycles. The number of hydrogen-bond donors (Lipinski definition) is 3. The van der Waals surface area contributed by atoms with Crippen LogP contribution in [0.4, 0.5) is 5.69 Å². The first-order valence-electron chi connectivity index (χ1n) is 4.87. The molecule has 0 heterocycles. The van der Waals surface area contributed by atoms with Crippen LogP contribution >= 0.6 is 0 Å². The molecular formula is C10H11NNa2O6S2. The molecule has 106 valence electrons. The molecule has 0 aromatic heterocycles. The van der Waals surface area contributed by atoms with Crippen molar-refractivity contribution < 1.29 is 25.9 Å². The molecule has 0 atom stereocenters. The summed E-state index contributed by atoms with van der Waals surface area (Å²) in [6, 6.07) is 5.66. The molecule has 2 aromatic rings. The molecule has 4 N–H and O–H groups in total. The maximum atomic E-state index is 11.0. The van der Waals surface area contributed by atoms with Crippen molar-refractivity contribution in [2.24, 2.45) is 0 Å². The van der Waals surface area contributed by atoms with Crippen LogP contribution in [0.15, 0.2) is 40.1 Å². The molecule has 0 aliphatic heterocycles. The Bertz CT molecular complexity index is 880. The fourth-order valence-corrected chi connectivity index (χ4v) is 2.71. The van der Waals surface area contributed by atoms with Gasteiger partial charge in [-0.25, -0.2) is 0 Å². The van der Waals surface area contributed by atoms with Crippen molar-refractivity contribution in [3.63, 3.8) is 0 Å². The van der Waals surface area contributed by atoms with Crippen LogP contribution in [0.5, 0.6) is 0 Å². The predicted octanol–water partition coefficient (Wildman–Crippen LogP) is -0.382. The predicted molar refractivity (Wildman–Crippen MR) is 82.3 cm³/mol. The second-order valence-corrected chi connectivity index (χ2v) is 6.69. The van der Waals surface area contributed by atoms with Gasteiger partial charge in [0.25, 0.3) is 20.2 Å². The van der Waals surface area contributed by atoms with E-state index in [4.69, 9.17) is 14.8 Å². The molecular weight excluding hydrogens is 340 g/mol. The van der Waals surface area contributed by atoms with Gasteiger partial charge in [0.15, 0.2) is 0 Å². The van der Waals surface area contributed by atoms with Gasteiger partial charge in [0.05, 0.1) is 9.79 Å². The van der Waals surface area contributed by atoms with Gasteiger partial charge in [-0.1, -0.05) is 6.07 Å². The van der Waals surface area contributed by atoms with Crippen LogP contribution in [0.2, 0.25) is 0 Å². The topological polar surface area (TPSA) is 135 Å². The van der Waals surface area contributed by atoms with Gasteiger partial charge in [-0.3, -0.25) is 9.11 Å². The van der Waals surface area contributed by atoms with Gasteiger partial charge < -0.3 is 5.73 Å². The van der Waals surface area contributed by atoms with E-state index in [9.17, 15) is 16.8 Å². The van der Waals surface area contributed by atoms with Crippen LogP contribution in [-0.2, 0) is 20.2 Å². The van der Waals surface area contributed by atoms with Crippen molar-refractivity contribution in [1.82, 2.24) is 0 Å². The molecule has 0 aliphatic carbocycles. The van der Waals surface area contributed by atoms with Gasteiger partial charge in [-0.05, 0) is 29.7 Å². The molecule has 0 aliphatic rings. The van der Waals surface area contributed by atoms with Crippen LogP contribution < -0.4 is 5.73 Å². The summed E-state index contributed by atoms with van der Waals surface area (Å²) in [7, 11) is -8.78. The molecule has 7 nitrogen and oxygen atoms in total. The first-order valence-corrected chi connectivity index (χ1v) is 7.75. The Morgan fingerprint density at radius 1 is 0.810 bits per heavy atom. The Morgan fingerprint density at radius 3 is 1.81 bits per heavy atom. The molecule has 0 radical (unpaired) electrons. The van der Waals surface area contributed by atoms with Crippen molar-refractivity contribution in [3.8, 4) is 0 Å². The second-order valence-electron chi connectivity index (χ2n) is 3.85. The second kappa shape index (κ2) is 7.26. The van der Waals surface area contributed by atoms with Gasteiger partial charge in [-0.2, -0.15) is 16.8 Å². The van der Waals surface area contributed by atoms with E-state index in [0.717, 1.165) is 24.3 Å². The maximum absolute atomic E-state index is 11.0. The Kier molecular flexibility index (Phi) is 7.37. The van der Waals surface area contributed by atoms with Gasteiger partial charge in [0.1, 0.15) is 0 Å². The summed E-state index contributed by atoms with van der Waals surface area (Å²) in [5.74, 6) is 0. The van der Waals surface area contributed by atoms with Crippen molar-refractivity contribution in [2.45, 2.75) is 9.79 Å². The summed E-state index contributed by atoms with van der Waals surface area (Å²) >= 11 is 0. The van der Waals surface area contributed by atoms with Crippen LogP contribution in [-0.4, -0.2) is 85.1 Å². The zero-order valence-electron chi connectivity index (χ0n) is 9.31. The van der Waals surface area contributed by atoms with E-state index < -0.39 is 25.1 Å². The molecule has 2 aromatic carbocycles. The fraction of sp³-hybridized carbons (Fsp3) is 0. The third kappa shape index (κ3) is 4.90. The van der Waals surface area contributed by atoms with E-state index in [1.807, 2.05) is 0 Å². The normalized spacial score (nSPS) is 11.5. The van der Waals surface area contributed by atoms with E-state index in [1.165, 1.54) is 6.07 Å². The van der Waals surface area contributed by atoms with Gasteiger partial charge in [0, 0.05) is 11.1 Å². The SMILES string of the molecule is Nc1cc(S(=O)(=O)O)cc2ccc(S(=O)(=O)O)cc12.[NaH].[NaH]. The van der Waals surface area contributed by atoms with Crippen LogP contribution in [0, 0.1) is 0 Å². The molecule has 0 spiro atoms. The number of rotatable bonds is 2. The number of nitrogens with two attached hydrogens (primary N) is 1. The van der Waals surface area contributed by atoms with Gasteiger partial charge in [0.2, 0.25) is 0 Å². The molecule has 0 amide bonds. The van der Waals surface area contributed by atoms with Gasteiger partial charge in [-0.15, -0.1) is 0 Å². The van der Waals surface area contributed by atoms with Crippen molar-refractivity contribution in [1.29, 1.82) is 0 Å². The first kappa shape index (κ1) is 21.3. The number of nitrogen functional groups attached to an aromatic ring is 1. The molecule has 0 unspecified atom stereocenters. The van der Waals surface area contributed by atoms with E-state index in [2.05, 4.69) is 0 Å². The summed E-state index contributed by atoms with van der Waals surface area (Å²) in [5, 5.41) is 0.572. The number of fused-ring (bicyclic) bond motifs is 1. The first-order chi connectivity index (χ1) is 8.59. The monoisotopic (exact) mass is 351 g/mol. The standard InChI is InChI=1S/C10H9NO6S2.2Na.2H/c11-10-5-8(19(15,16)17)3-6-1-2-7(4-9(6)10)18(12,13)14;;;;/h1-5H,11H2,(H,12,13,14)(H,15,16,17);;;;. The summed E-state index contributed by atoms with van der Waals surface area (Å²) < 4.78 is 61.9. The zero-order valence-corrected chi connectivity index (χ0v) is 10.9. The average Bonchev–Trinajstić information content (AvgIpc) is 2.26. The minimum atomic E-state index is -4.40. The summed E-state index contributed by atoms with van der Waals surface area (Å²) in [6.07, 6.45) is 0. The number of benzene rings is 2. The van der Waals surface area contributed by atoms with Crippen molar-refractivity contribution >= 4 is 95.8 Å². The van der Waals surface area contributed by atoms with Crippen LogP contribution in [0.25, 0.3) is 10.8 Å².